The Morgan fingerprint density at radius 2 is 1.94 bits per heavy atom. The number of fused-ring (bicyclic) bond motifs is 2. The van der Waals surface area contributed by atoms with Gasteiger partial charge in [0.1, 0.15) is 5.69 Å². The molecule has 12 heteroatoms. The molecule has 5 rings (SSSR count). The number of carbonyl (C=O) groups is 3. The van der Waals surface area contributed by atoms with Crippen LogP contribution in [0.25, 0.3) is 10.9 Å². The average molecular weight is 522 g/mol. The third-order valence-electron chi connectivity index (χ3n) is 6.76. The molecule has 2 amide bonds. The number of benzene rings is 1. The first kappa shape index (κ1) is 26.7. The van der Waals surface area contributed by atoms with Crippen molar-refractivity contribution in [1.29, 1.82) is 0 Å². The Bertz CT molecular complexity index is 1310. The van der Waals surface area contributed by atoms with E-state index in [2.05, 4.69) is 25.5 Å². The number of hydrogen-bond donors (Lipinski definition) is 3. The number of aromatic amines is 1. The number of likely N-dealkylation sites (N-methyl/N-ethyl adjacent to an activating group) is 1. The Kier molecular flexibility index (Phi) is 8.12. The van der Waals surface area contributed by atoms with Crippen molar-refractivity contribution in [3.63, 3.8) is 0 Å². The monoisotopic (exact) mass is 521 g/mol. The van der Waals surface area contributed by atoms with Crippen LogP contribution in [0.2, 0.25) is 5.02 Å². The summed E-state index contributed by atoms with van der Waals surface area (Å²) in [7, 11) is 2.03. The standard InChI is InChI=1S/C24H26ClN5O4S.Li/c1-30-7-6-17-20(11-30)35-23(29-17)22(32)27-16-4-2-12(24(33)34)9-18(16)28-21(31)19-10-13-8-14(25)3-5-15(13)26-19;/h3,5,8,10,12,16,18,26H,2,4,6-7,9,11H2,1H3,(H,27,32)(H,28,31)(H,33,34);/q;+1/p-1. The van der Waals surface area contributed by atoms with Gasteiger partial charge >= 0.3 is 18.9 Å². The molecule has 1 saturated carbocycles. The van der Waals surface area contributed by atoms with Gasteiger partial charge in [0, 0.05) is 58.2 Å². The zero-order valence-electron chi connectivity index (χ0n) is 20.1. The van der Waals surface area contributed by atoms with Crippen molar-refractivity contribution in [3.8, 4) is 0 Å². The van der Waals surface area contributed by atoms with Gasteiger partial charge in [-0.25, -0.2) is 4.98 Å². The summed E-state index contributed by atoms with van der Waals surface area (Å²) in [6.07, 6.45) is 1.75. The second-order valence-electron chi connectivity index (χ2n) is 9.28. The molecule has 3 unspecified atom stereocenters. The summed E-state index contributed by atoms with van der Waals surface area (Å²) in [5.74, 6) is -2.53. The molecule has 2 aliphatic rings. The molecule has 1 aliphatic carbocycles. The largest absolute Gasteiger partial charge is 1.00 e. The Morgan fingerprint density at radius 1 is 1.17 bits per heavy atom. The molecule has 1 fully saturated rings. The summed E-state index contributed by atoms with van der Waals surface area (Å²) >= 11 is 7.43. The number of nitrogens with one attached hydrogen (secondary N) is 3. The minimum Gasteiger partial charge on any atom is -0.550 e. The van der Waals surface area contributed by atoms with Crippen LogP contribution in [-0.2, 0) is 17.8 Å². The molecular weight excluding hydrogens is 497 g/mol. The van der Waals surface area contributed by atoms with Crippen LogP contribution in [0.5, 0.6) is 0 Å². The molecule has 1 aromatic carbocycles. The second-order valence-corrected chi connectivity index (χ2v) is 10.8. The van der Waals surface area contributed by atoms with Crippen molar-refractivity contribution in [3.05, 3.63) is 50.6 Å². The minimum atomic E-state index is -1.15. The molecule has 9 nitrogen and oxygen atoms in total. The summed E-state index contributed by atoms with van der Waals surface area (Å²) in [5, 5.41) is 19.2. The summed E-state index contributed by atoms with van der Waals surface area (Å²) in [6.45, 7) is 1.67. The fraction of sp³-hybridized carbons (Fsp3) is 0.417. The first-order chi connectivity index (χ1) is 16.8. The van der Waals surface area contributed by atoms with Crippen molar-refractivity contribution in [2.75, 3.05) is 13.6 Å². The van der Waals surface area contributed by atoms with Crippen molar-refractivity contribution in [1.82, 2.24) is 25.5 Å². The van der Waals surface area contributed by atoms with Crippen LogP contribution in [0.1, 0.15) is 50.1 Å². The molecule has 184 valence electrons. The first-order valence-electron chi connectivity index (χ1n) is 11.5. The number of amides is 2. The van der Waals surface area contributed by atoms with Crippen LogP contribution in [0.4, 0.5) is 0 Å². The average Bonchev–Trinajstić information content (AvgIpc) is 3.43. The van der Waals surface area contributed by atoms with E-state index in [1.807, 2.05) is 7.05 Å². The number of nitrogens with zero attached hydrogens (tertiary/aromatic N) is 2. The van der Waals surface area contributed by atoms with E-state index in [9.17, 15) is 19.5 Å². The van der Waals surface area contributed by atoms with Gasteiger partial charge in [0.25, 0.3) is 11.8 Å². The minimum absolute atomic E-state index is 0. The molecule has 3 atom stereocenters. The fourth-order valence-corrected chi connectivity index (χ4v) is 6.11. The van der Waals surface area contributed by atoms with Gasteiger partial charge in [-0.2, -0.15) is 0 Å². The number of aromatic nitrogens is 2. The third-order valence-corrected chi connectivity index (χ3v) is 8.08. The molecule has 36 heavy (non-hydrogen) atoms. The van der Waals surface area contributed by atoms with E-state index in [0.29, 0.717) is 28.6 Å². The molecule has 3 heterocycles. The Morgan fingerprint density at radius 3 is 2.72 bits per heavy atom. The second kappa shape index (κ2) is 10.9. The quantitative estimate of drug-likeness (QED) is 0.358. The van der Waals surface area contributed by atoms with E-state index in [0.717, 1.165) is 41.0 Å². The van der Waals surface area contributed by atoms with E-state index in [-0.39, 0.29) is 37.1 Å². The SMILES string of the molecule is CN1CCc2nc(C(=O)NC3CCC(C(=O)[O-])CC3NC(=O)c3cc4cc(Cl)ccc4[nH]3)sc2C1.[Li+]. The third kappa shape index (κ3) is 5.63. The van der Waals surface area contributed by atoms with Crippen LogP contribution in [0.15, 0.2) is 24.3 Å². The zero-order chi connectivity index (χ0) is 24.7. The van der Waals surface area contributed by atoms with Crippen LogP contribution < -0.4 is 34.6 Å². The molecule has 3 aromatic rings. The molecular formula is C24H25ClLiN5O4S. The number of halogens is 1. The predicted octanol–water partition coefficient (Wildman–Crippen LogP) is -1.28. The number of thiazole rings is 1. The number of rotatable bonds is 5. The summed E-state index contributed by atoms with van der Waals surface area (Å²) in [5.41, 5.74) is 2.06. The normalized spacial score (nSPS) is 21.9. The smallest absolute Gasteiger partial charge is 0.550 e. The van der Waals surface area contributed by atoms with E-state index in [1.165, 1.54) is 11.3 Å². The summed E-state index contributed by atoms with van der Waals surface area (Å²) < 4.78 is 0. The van der Waals surface area contributed by atoms with Crippen molar-refractivity contribution in [2.45, 2.75) is 44.3 Å². The predicted molar refractivity (Wildman–Crippen MR) is 130 cm³/mol. The number of carbonyl (C=O) groups excluding carboxylic acids is 3. The Balaban J connectivity index is 0.00000304. The van der Waals surface area contributed by atoms with Gasteiger partial charge in [-0.1, -0.05) is 11.6 Å². The van der Waals surface area contributed by atoms with Crippen LogP contribution >= 0.6 is 22.9 Å². The molecule has 3 N–H and O–H groups in total. The number of carboxylic acids is 1. The van der Waals surface area contributed by atoms with Gasteiger partial charge in [-0.05, 0) is 50.6 Å². The van der Waals surface area contributed by atoms with E-state index < -0.39 is 24.0 Å². The van der Waals surface area contributed by atoms with Gasteiger partial charge in [-0.15, -0.1) is 11.3 Å². The van der Waals surface area contributed by atoms with Crippen LogP contribution in [0, 0.1) is 5.92 Å². The topological polar surface area (TPSA) is 130 Å². The summed E-state index contributed by atoms with van der Waals surface area (Å²) in [6, 6.07) is 5.97. The van der Waals surface area contributed by atoms with Gasteiger partial charge < -0.3 is 30.4 Å². The van der Waals surface area contributed by atoms with E-state index in [4.69, 9.17) is 11.6 Å². The molecule has 0 bridgehead atoms. The van der Waals surface area contributed by atoms with Crippen molar-refractivity contribution in [2.24, 2.45) is 5.92 Å². The maximum absolute atomic E-state index is 13.0. The number of H-pyrrole nitrogens is 1. The maximum Gasteiger partial charge on any atom is 1.00 e. The van der Waals surface area contributed by atoms with Gasteiger partial charge in [0.05, 0.1) is 11.7 Å². The van der Waals surface area contributed by atoms with E-state index in [1.54, 1.807) is 24.3 Å². The zero-order valence-corrected chi connectivity index (χ0v) is 21.7. The maximum atomic E-state index is 13.0. The van der Waals surface area contributed by atoms with Crippen molar-refractivity contribution >= 4 is 51.6 Å². The number of aliphatic carboxylic acids is 1. The number of carboxylic acid groups (broad SMARTS) is 1. The van der Waals surface area contributed by atoms with Gasteiger partial charge in [-0.3, -0.25) is 9.59 Å². The van der Waals surface area contributed by atoms with Crippen LogP contribution in [0.3, 0.4) is 0 Å². The van der Waals surface area contributed by atoms with Crippen LogP contribution in [-0.4, -0.2) is 58.3 Å². The fourth-order valence-electron chi connectivity index (χ4n) is 4.84. The first-order valence-corrected chi connectivity index (χ1v) is 12.7. The van der Waals surface area contributed by atoms with Gasteiger partial charge in [0.15, 0.2) is 5.01 Å². The molecule has 0 spiro atoms. The molecule has 1 aliphatic heterocycles. The summed E-state index contributed by atoms with van der Waals surface area (Å²) in [4.78, 5) is 48.5. The van der Waals surface area contributed by atoms with Gasteiger partial charge in [0.2, 0.25) is 0 Å². The molecule has 0 radical (unpaired) electrons. The molecule has 0 saturated heterocycles. The van der Waals surface area contributed by atoms with E-state index >= 15 is 0 Å². The Hall–Kier alpha value is -2.35. The Labute approximate surface area is 229 Å². The molecule has 2 aromatic heterocycles. The number of hydrogen-bond acceptors (Lipinski definition) is 7. The van der Waals surface area contributed by atoms with Crippen molar-refractivity contribution < 1.29 is 38.4 Å².